The lowest BCUT2D eigenvalue weighted by molar-refractivity contribution is -0.156. The van der Waals surface area contributed by atoms with Gasteiger partial charge in [-0.05, 0) is 37.7 Å². The van der Waals surface area contributed by atoms with Crippen molar-refractivity contribution in [3.05, 3.63) is 61.2 Å². The van der Waals surface area contributed by atoms with Gasteiger partial charge in [-0.1, -0.05) is 55.8 Å². The van der Waals surface area contributed by atoms with E-state index in [9.17, 15) is 19.5 Å². The van der Waals surface area contributed by atoms with Gasteiger partial charge in [0, 0.05) is 13.1 Å². The van der Waals surface area contributed by atoms with E-state index < -0.39 is 41.6 Å². The van der Waals surface area contributed by atoms with Crippen LogP contribution in [0.5, 0.6) is 0 Å². The fourth-order valence-corrected chi connectivity index (χ4v) is 6.47. The summed E-state index contributed by atoms with van der Waals surface area (Å²) in [5.41, 5.74) is -0.420. The highest BCUT2D eigenvalue weighted by atomic mass is 16.6. The van der Waals surface area contributed by atoms with Crippen molar-refractivity contribution in [3.63, 3.8) is 0 Å². The number of aliphatic hydroxyl groups excluding tert-OH is 1. The molecule has 3 saturated heterocycles. The van der Waals surface area contributed by atoms with Gasteiger partial charge < -0.3 is 24.4 Å². The Morgan fingerprint density at radius 2 is 2.03 bits per heavy atom. The van der Waals surface area contributed by atoms with Gasteiger partial charge in [-0.25, -0.2) is 0 Å². The van der Waals surface area contributed by atoms with Gasteiger partial charge in [0.05, 0.1) is 37.2 Å². The Balaban J connectivity index is 1.74. The monoisotopic (exact) mass is 524 g/mol. The summed E-state index contributed by atoms with van der Waals surface area (Å²) < 4.78 is 12.1. The number of aliphatic hydroxyl groups is 1. The molecule has 0 aliphatic carbocycles. The van der Waals surface area contributed by atoms with Crippen LogP contribution in [0.15, 0.2) is 55.6 Å². The predicted molar refractivity (Wildman–Crippen MR) is 143 cm³/mol. The third-order valence-corrected chi connectivity index (χ3v) is 8.18. The highest BCUT2D eigenvalue weighted by Crippen LogP contribution is 2.60. The standard InChI is InChI=1S/C30H40N2O6/c1-4-7-12-19-37-29(36)24-23-15-16-30(38-23)25(24)27(34)32(22(20-33)21-13-10-9-11-14-21)26(30)28(35)31(17-6-3)18-8-5-2/h4,6,9-11,13-14,22-26,33H,1,3,5,7-8,12,15-20H2,2H3/t22-,23-,24+,25+,26?,30?/m1/s1. The molecule has 3 fully saturated rings. The number of esters is 1. The van der Waals surface area contributed by atoms with E-state index in [1.54, 1.807) is 17.1 Å². The van der Waals surface area contributed by atoms with E-state index in [4.69, 9.17) is 9.47 Å². The number of benzene rings is 1. The van der Waals surface area contributed by atoms with Gasteiger partial charge in [-0.2, -0.15) is 0 Å². The molecule has 1 aromatic carbocycles. The highest BCUT2D eigenvalue weighted by molar-refractivity contribution is 5.98. The summed E-state index contributed by atoms with van der Waals surface area (Å²) >= 11 is 0. The maximum Gasteiger partial charge on any atom is 0.312 e. The van der Waals surface area contributed by atoms with E-state index in [1.807, 2.05) is 30.3 Å². The third-order valence-electron chi connectivity index (χ3n) is 8.18. The molecule has 3 aliphatic heterocycles. The first-order chi connectivity index (χ1) is 18.4. The first-order valence-electron chi connectivity index (χ1n) is 13.8. The molecule has 8 nitrogen and oxygen atoms in total. The van der Waals surface area contributed by atoms with Gasteiger partial charge in [-0.15, -0.1) is 13.2 Å². The molecule has 0 saturated carbocycles. The lowest BCUT2D eigenvalue weighted by Gasteiger charge is -2.39. The molecule has 0 radical (unpaired) electrons. The number of amides is 2. The molecule has 1 N–H and O–H groups in total. The number of ether oxygens (including phenoxy) is 2. The Morgan fingerprint density at radius 1 is 1.26 bits per heavy atom. The van der Waals surface area contributed by atoms with Crippen LogP contribution in [-0.4, -0.2) is 76.7 Å². The summed E-state index contributed by atoms with van der Waals surface area (Å²) in [5.74, 6) is -2.64. The smallest absolute Gasteiger partial charge is 0.312 e. The van der Waals surface area contributed by atoms with Crippen LogP contribution in [0.3, 0.4) is 0 Å². The van der Waals surface area contributed by atoms with Crippen molar-refractivity contribution >= 4 is 17.8 Å². The summed E-state index contributed by atoms with van der Waals surface area (Å²) in [6.45, 7) is 10.3. The predicted octanol–water partition coefficient (Wildman–Crippen LogP) is 3.42. The molecular formula is C30H40N2O6. The number of fused-ring (bicyclic) bond motifs is 1. The number of unbranched alkanes of at least 4 members (excludes halogenated alkanes) is 2. The molecule has 2 unspecified atom stereocenters. The van der Waals surface area contributed by atoms with E-state index in [-0.39, 0.29) is 25.0 Å². The molecule has 4 rings (SSSR count). The summed E-state index contributed by atoms with van der Waals surface area (Å²) in [4.78, 5) is 45.1. The molecule has 3 heterocycles. The van der Waals surface area contributed by atoms with E-state index in [0.717, 1.165) is 24.8 Å². The van der Waals surface area contributed by atoms with E-state index in [0.29, 0.717) is 32.4 Å². The van der Waals surface area contributed by atoms with E-state index in [1.165, 1.54) is 4.90 Å². The van der Waals surface area contributed by atoms with E-state index >= 15 is 0 Å². The van der Waals surface area contributed by atoms with Crippen molar-refractivity contribution in [2.24, 2.45) is 11.8 Å². The van der Waals surface area contributed by atoms with Gasteiger partial charge >= 0.3 is 5.97 Å². The highest BCUT2D eigenvalue weighted by Gasteiger charge is 2.75. The summed E-state index contributed by atoms with van der Waals surface area (Å²) in [6.07, 6.45) is 7.13. The normalized spacial score (nSPS) is 28.2. The molecule has 3 aliphatic rings. The van der Waals surface area contributed by atoms with Crippen LogP contribution >= 0.6 is 0 Å². The molecule has 1 spiro atoms. The minimum Gasteiger partial charge on any atom is -0.465 e. The second kappa shape index (κ2) is 12.3. The minimum atomic E-state index is -1.14. The second-order valence-electron chi connectivity index (χ2n) is 10.4. The zero-order valence-corrected chi connectivity index (χ0v) is 22.3. The van der Waals surface area contributed by atoms with Gasteiger partial charge in [0.1, 0.15) is 11.6 Å². The summed E-state index contributed by atoms with van der Waals surface area (Å²) in [6, 6.07) is 7.50. The molecule has 0 aromatic heterocycles. The minimum absolute atomic E-state index is 0.232. The molecule has 206 valence electrons. The summed E-state index contributed by atoms with van der Waals surface area (Å²) in [5, 5.41) is 10.5. The van der Waals surface area contributed by atoms with Gasteiger partial charge in [-0.3, -0.25) is 14.4 Å². The number of hydrogen-bond acceptors (Lipinski definition) is 6. The number of hydrogen-bond donors (Lipinski definition) is 1. The third kappa shape index (κ3) is 4.92. The Labute approximate surface area is 225 Å². The van der Waals surface area contributed by atoms with Crippen LogP contribution in [0.2, 0.25) is 0 Å². The molecule has 1 aromatic rings. The lowest BCUT2D eigenvalue weighted by atomic mass is 9.70. The van der Waals surface area contributed by atoms with Crippen LogP contribution in [0.1, 0.15) is 57.1 Å². The maximum absolute atomic E-state index is 14.3. The largest absolute Gasteiger partial charge is 0.465 e. The van der Waals surface area contributed by atoms with Crippen molar-refractivity contribution in [3.8, 4) is 0 Å². The van der Waals surface area contributed by atoms with Crippen molar-refractivity contribution in [1.29, 1.82) is 0 Å². The summed E-state index contributed by atoms with van der Waals surface area (Å²) in [7, 11) is 0. The molecule has 2 bridgehead atoms. The van der Waals surface area contributed by atoms with Crippen LogP contribution < -0.4 is 0 Å². The molecule has 2 amide bonds. The number of carbonyl (C=O) groups is 3. The van der Waals surface area contributed by atoms with Crippen LogP contribution in [0.4, 0.5) is 0 Å². The van der Waals surface area contributed by atoms with E-state index in [2.05, 4.69) is 20.1 Å². The van der Waals surface area contributed by atoms with Crippen molar-refractivity contribution in [2.45, 2.75) is 69.2 Å². The van der Waals surface area contributed by atoms with Gasteiger partial charge in [0.2, 0.25) is 11.8 Å². The quantitative estimate of drug-likeness (QED) is 0.228. The Morgan fingerprint density at radius 3 is 2.68 bits per heavy atom. The second-order valence-corrected chi connectivity index (χ2v) is 10.4. The molecule has 8 heteroatoms. The Kier molecular flexibility index (Phi) is 9.05. The number of allylic oxidation sites excluding steroid dienone is 1. The molecule has 38 heavy (non-hydrogen) atoms. The average Bonchev–Trinajstić information content (AvgIpc) is 3.57. The van der Waals surface area contributed by atoms with Crippen LogP contribution in [-0.2, 0) is 23.9 Å². The SMILES string of the molecule is C=CCCCOC(=O)[C@@H]1[C@H]2C(=O)N([C@H](CO)c3ccccc3)C(C(=O)N(CC=C)CCCC)C23CC[C@H]1O3. The first kappa shape index (κ1) is 28.0. The Hall–Kier alpha value is -2.97. The van der Waals surface area contributed by atoms with Crippen molar-refractivity contribution in [1.82, 2.24) is 9.80 Å². The number of nitrogens with zero attached hydrogens (tertiary/aromatic N) is 2. The molecule has 6 atom stereocenters. The van der Waals surface area contributed by atoms with Crippen LogP contribution in [0, 0.1) is 11.8 Å². The number of likely N-dealkylation sites (tertiary alicyclic amines) is 1. The van der Waals surface area contributed by atoms with Crippen LogP contribution in [0.25, 0.3) is 0 Å². The fourth-order valence-electron chi connectivity index (χ4n) is 6.47. The molecular weight excluding hydrogens is 484 g/mol. The van der Waals surface area contributed by atoms with Gasteiger partial charge in [0.25, 0.3) is 0 Å². The zero-order chi connectivity index (χ0) is 27.3. The topological polar surface area (TPSA) is 96.4 Å². The van der Waals surface area contributed by atoms with Crippen molar-refractivity contribution < 1.29 is 29.0 Å². The van der Waals surface area contributed by atoms with Crippen molar-refractivity contribution in [2.75, 3.05) is 26.3 Å². The fraction of sp³-hybridized carbons (Fsp3) is 0.567. The number of carbonyl (C=O) groups excluding carboxylic acids is 3. The first-order valence-corrected chi connectivity index (χ1v) is 13.8. The Bertz CT molecular complexity index is 1030. The average molecular weight is 525 g/mol. The van der Waals surface area contributed by atoms with Gasteiger partial charge in [0.15, 0.2) is 0 Å². The maximum atomic E-state index is 14.3. The zero-order valence-electron chi connectivity index (χ0n) is 22.3. The number of rotatable bonds is 14. The lowest BCUT2D eigenvalue weighted by Crippen LogP contribution is -2.57.